The van der Waals surface area contributed by atoms with Crippen LogP contribution in [-0.2, 0) is 14.8 Å². The number of ether oxygens (including phenoxy) is 2. The first-order chi connectivity index (χ1) is 16.4. The third kappa shape index (κ3) is 5.45. The Kier molecular flexibility index (Phi) is 7.90. The van der Waals surface area contributed by atoms with E-state index >= 15 is 0 Å². The third-order valence-corrected chi connectivity index (χ3v) is 8.62. The number of hydrogen-bond donors (Lipinski definition) is 0. The predicted molar refractivity (Wildman–Crippen MR) is 131 cm³/mol. The number of rotatable bonds is 8. The maximum Gasteiger partial charge on any atom is 0.316 e. The molecule has 186 valence electrons. The summed E-state index contributed by atoms with van der Waals surface area (Å²) in [5.74, 6) is 0.420. The van der Waals surface area contributed by atoms with Crippen LogP contribution in [0.4, 0.5) is 5.69 Å². The first-order valence-electron chi connectivity index (χ1n) is 12.0. The van der Waals surface area contributed by atoms with Gasteiger partial charge in [-0.15, -0.1) is 0 Å². The van der Waals surface area contributed by atoms with Crippen molar-refractivity contribution in [1.82, 2.24) is 14.1 Å². The molecular weight excluding hydrogens is 456 g/mol. The van der Waals surface area contributed by atoms with Gasteiger partial charge >= 0.3 is 5.56 Å². The quantitative estimate of drug-likeness (QED) is 0.561. The molecule has 1 aromatic heterocycles. The van der Waals surface area contributed by atoms with Crippen molar-refractivity contribution < 1.29 is 17.9 Å². The molecule has 1 aliphatic heterocycles. The zero-order valence-corrected chi connectivity index (χ0v) is 20.7. The Morgan fingerprint density at radius 2 is 1.76 bits per heavy atom. The van der Waals surface area contributed by atoms with E-state index < -0.39 is 10.0 Å². The molecule has 0 bridgehead atoms. The molecule has 9 nitrogen and oxygen atoms in total. The van der Waals surface area contributed by atoms with Crippen LogP contribution in [0.25, 0.3) is 5.69 Å². The second kappa shape index (κ2) is 10.9. The van der Waals surface area contributed by atoms with Crippen molar-refractivity contribution in [3.8, 4) is 11.4 Å². The van der Waals surface area contributed by atoms with Crippen LogP contribution < -0.4 is 15.2 Å². The summed E-state index contributed by atoms with van der Waals surface area (Å²) < 4.78 is 39.8. The standard InChI is InChI=1S/C24H34N4O5S/c1-3-16-34(30,31)27-14-12-26(13-15-27)22-18-25-28(19-8-5-4-6-9-19)24(29)23(22)33-21-11-7-10-20(17-21)32-2/h4-6,8-9,18,20-21H,3,7,10-17H2,1-2H3. The SMILES string of the molecule is CCCS(=O)(=O)N1CCN(c2cnn(-c3ccccc3)c(=O)c2OC2CCCC(OC)C2)CC1. The summed E-state index contributed by atoms with van der Waals surface area (Å²) in [5, 5.41) is 4.43. The number of piperazine rings is 1. The summed E-state index contributed by atoms with van der Waals surface area (Å²) in [7, 11) is -1.54. The van der Waals surface area contributed by atoms with Gasteiger partial charge in [0.05, 0.1) is 23.7 Å². The van der Waals surface area contributed by atoms with Crippen LogP contribution in [0, 0.1) is 0 Å². The van der Waals surface area contributed by atoms with E-state index in [1.54, 1.807) is 13.3 Å². The van der Waals surface area contributed by atoms with Crippen molar-refractivity contribution in [1.29, 1.82) is 0 Å². The lowest BCUT2D eigenvalue weighted by Gasteiger charge is -2.36. The van der Waals surface area contributed by atoms with Gasteiger partial charge in [0.25, 0.3) is 0 Å². The van der Waals surface area contributed by atoms with E-state index in [0.29, 0.717) is 44.0 Å². The molecule has 2 atom stereocenters. The van der Waals surface area contributed by atoms with Crippen molar-refractivity contribution in [3.05, 3.63) is 46.9 Å². The van der Waals surface area contributed by atoms with Gasteiger partial charge < -0.3 is 14.4 Å². The number of para-hydroxylation sites is 1. The van der Waals surface area contributed by atoms with E-state index in [0.717, 1.165) is 25.7 Å². The van der Waals surface area contributed by atoms with Crippen LogP contribution in [0.2, 0.25) is 0 Å². The fourth-order valence-corrected chi connectivity index (χ4v) is 6.20. The van der Waals surface area contributed by atoms with Crippen LogP contribution in [0.15, 0.2) is 41.3 Å². The predicted octanol–water partition coefficient (Wildman–Crippen LogP) is 2.43. The highest BCUT2D eigenvalue weighted by Crippen LogP contribution is 2.30. The molecule has 2 aliphatic rings. The number of benzene rings is 1. The zero-order valence-electron chi connectivity index (χ0n) is 19.9. The lowest BCUT2D eigenvalue weighted by Crippen LogP contribution is -2.49. The van der Waals surface area contributed by atoms with E-state index in [9.17, 15) is 13.2 Å². The fraction of sp³-hybridized carbons (Fsp3) is 0.583. The van der Waals surface area contributed by atoms with Gasteiger partial charge in [0.2, 0.25) is 15.8 Å². The van der Waals surface area contributed by atoms with Crippen LogP contribution in [0.1, 0.15) is 39.0 Å². The third-order valence-electron chi connectivity index (χ3n) is 6.55. The van der Waals surface area contributed by atoms with Crippen molar-refractivity contribution in [2.45, 2.75) is 51.2 Å². The molecule has 0 N–H and O–H groups in total. The van der Waals surface area contributed by atoms with Gasteiger partial charge in [0.1, 0.15) is 11.8 Å². The topological polar surface area (TPSA) is 94.0 Å². The van der Waals surface area contributed by atoms with E-state index in [1.165, 1.54) is 8.99 Å². The number of nitrogens with zero attached hydrogens (tertiary/aromatic N) is 4. The average molecular weight is 491 g/mol. The molecule has 2 heterocycles. The smallest absolute Gasteiger partial charge is 0.316 e. The van der Waals surface area contributed by atoms with Gasteiger partial charge in [0, 0.05) is 39.7 Å². The Balaban J connectivity index is 1.63. The molecule has 4 rings (SSSR count). The highest BCUT2D eigenvalue weighted by molar-refractivity contribution is 7.89. The van der Waals surface area contributed by atoms with Crippen LogP contribution in [0.3, 0.4) is 0 Å². The zero-order chi connectivity index (χ0) is 24.1. The molecular formula is C24H34N4O5S. The second-order valence-electron chi connectivity index (χ2n) is 8.88. The lowest BCUT2D eigenvalue weighted by molar-refractivity contribution is 0.0204. The Labute approximate surface area is 201 Å². The van der Waals surface area contributed by atoms with E-state index in [-0.39, 0.29) is 29.3 Å². The molecule has 0 spiro atoms. The van der Waals surface area contributed by atoms with Gasteiger partial charge in [-0.1, -0.05) is 25.1 Å². The Hall–Kier alpha value is -2.43. The van der Waals surface area contributed by atoms with E-state index in [1.807, 2.05) is 42.2 Å². The summed E-state index contributed by atoms with van der Waals surface area (Å²) in [6.45, 7) is 3.56. The minimum absolute atomic E-state index is 0.118. The summed E-state index contributed by atoms with van der Waals surface area (Å²) in [4.78, 5) is 15.6. The van der Waals surface area contributed by atoms with E-state index in [2.05, 4.69) is 5.10 Å². The monoisotopic (exact) mass is 490 g/mol. The molecule has 1 saturated carbocycles. The van der Waals surface area contributed by atoms with Gasteiger partial charge in [-0.05, 0) is 37.8 Å². The highest BCUT2D eigenvalue weighted by Gasteiger charge is 2.31. The molecule has 34 heavy (non-hydrogen) atoms. The van der Waals surface area contributed by atoms with Crippen molar-refractivity contribution in [3.63, 3.8) is 0 Å². The van der Waals surface area contributed by atoms with Crippen LogP contribution >= 0.6 is 0 Å². The average Bonchev–Trinajstić information content (AvgIpc) is 2.86. The minimum Gasteiger partial charge on any atom is -0.483 e. The Morgan fingerprint density at radius 1 is 1.06 bits per heavy atom. The maximum absolute atomic E-state index is 13.6. The number of sulfonamides is 1. The Bertz CT molecular complexity index is 1110. The molecule has 2 aromatic rings. The van der Waals surface area contributed by atoms with Gasteiger partial charge in [0.15, 0.2) is 0 Å². The summed E-state index contributed by atoms with van der Waals surface area (Å²) in [6.07, 6.45) is 5.80. The maximum atomic E-state index is 13.6. The largest absolute Gasteiger partial charge is 0.483 e. The first-order valence-corrected chi connectivity index (χ1v) is 13.6. The highest BCUT2D eigenvalue weighted by atomic mass is 32.2. The molecule has 1 aliphatic carbocycles. The first kappa shape index (κ1) is 24.7. The molecule has 1 saturated heterocycles. The van der Waals surface area contributed by atoms with E-state index in [4.69, 9.17) is 9.47 Å². The van der Waals surface area contributed by atoms with Gasteiger partial charge in [-0.3, -0.25) is 4.79 Å². The summed E-state index contributed by atoms with van der Waals surface area (Å²) in [5.41, 5.74) is 0.964. The number of anilines is 1. The van der Waals surface area contributed by atoms with Crippen molar-refractivity contribution in [2.24, 2.45) is 0 Å². The number of methoxy groups -OCH3 is 1. The summed E-state index contributed by atoms with van der Waals surface area (Å²) in [6, 6.07) is 9.27. The van der Waals surface area contributed by atoms with Crippen molar-refractivity contribution >= 4 is 15.7 Å². The molecule has 0 radical (unpaired) electrons. The van der Waals surface area contributed by atoms with Gasteiger partial charge in [-0.25, -0.2) is 8.42 Å². The molecule has 2 unspecified atom stereocenters. The molecule has 0 amide bonds. The normalized spacial score (nSPS) is 22.0. The number of aromatic nitrogens is 2. The molecule has 2 fully saturated rings. The molecule has 10 heteroatoms. The lowest BCUT2D eigenvalue weighted by atomic mass is 9.95. The van der Waals surface area contributed by atoms with Crippen molar-refractivity contribution in [2.75, 3.05) is 43.9 Å². The molecule has 1 aromatic carbocycles. The van der Waals surface area contributed by atoms with Gasteiger partial charge in [-0.2, -0.15) is 14.1 Å². The second-order valence-corrected chi connectivity index (χ2v) is 11.0. The number of hydrogen-bond acceptors (Lipinski definition) is 7. The summed E-state index contributed by atoms with van der Waals surface area (Å²) >= 11 is 0. The minimum atomic E-state index is -3.25. The van der Waals surface area contributed by atoms with Crippen LogP contribution in [0.5, 0.6) is 5.75 Å². The fourth-order valence-electron chi connectivity index (χ4n) is 4.70. The van der Waals surface area contributed by atoms with Crippen LogP contribution in [-0.4, -0.2) is 73.8 Å². The Morgan fingerprint density at radius 3 is 2.44 bits per heavy atom.